The van der Waals surface area contributed by atoms with Crippen molar-refractivity contribution in [2.75, 3.05) is 0 Å². The summed E-state index contributed by atoms with van der Waals surface area (Å²) in [7, 11) is 0. The van der Waals surface area contributed by atoms with Gasteiger partial charge in [0.25, 0.3) is 0 Å². The van der Waals surface area contributed by atoms with Crippen LogP contribution in [0, 0.1) is 17.6 Å². The lowest BCUT2D eigenvalue weighted by Gasteiger charge is -2.21. The number of hydrogen-bond acceptors (Lipinski definition) is 2. The Kier molecular flexibility index (Phi) is 4.66. The lowest BCUT2D eigenvalue weighted by molar-refractivity contribution is 0.408. The maximum atomic E-state index is 13.6. The van der Waals surface area contributed by atoms with Crippen LogP contribution in [0.4, 0.5) is 8.78 Å². The molecule has 0 radical (unpaired) electrons. The zero-order valence-electron chi connectivity index (χ0n) is 11.0. The number of rotatable bonds is 5. The highest BCUT2D eigenvalue weighted by Gasteiger charge is 2.17. The van der Waals surface area contributed by atoms with Crippen molar-refractivity contribution in [2.24, 2.45) is 5.92 Å². The molecular formula is C15H17F2NS. The maximum Gasteiger partial charge on any atom is 0.163 e. The molecule has 0 fully saturated rings. The van der Waals surface area contributed by atoms with Gasteiger partial charge in [0.05, 0.1) is 0 Å². The Morgan fingerprint density at radius 2 is 1.95 bits per heavy atom. The molecule has 0 saturated heterocycles. The van der Waals surface area contributed by atoms with Gasteiger partial charge in [-0.05, 0) is 23.4 Å². The van der Waals surface area contributed by atoms with Crippen molar-refractivity contribution in [1.82, 2.24) is 5.32 Å². The van der Waals surface area contributed by atoms with Crippen LogP contribution < -0.4 is 5.32 Å². The van der Waals surface area contributed by atoms with E-state index >= 15 is 0 Å². The quantitative estimate of drug-likeness (QED) is 0.850. The number of thiophene rings is 1. The van der Waals surface area contributed by atoms with Crippen molar-refractivity contribution in [3.05, 3.63) is 57.8 Å². The third-order valence-electron chi connectivity index (χ3n) is 3.06. The van der Waals surface area contributed by atoms with E-state index in [4.69, 9.17) is 0 Å². The van der Waals surface area contributed by atoms with E-state index in [2.05, 4.69) is 25.2 Å². The Labute approximate surface area is 116 Å². The van der Waals surface area contributed by atoms with Crippen LogP contribution in [-0.2, 0) is 6.54 Å². The molecule has 19 heavy (non-hydrogen) atoms. The molecule has 102 valence electrons. The Morgan fingerprint density at radius 3 is 2.58 bits per heavy atom. The highest BCUT2D eigenvalue weighted by atomic mass is 32.1. The Hall–Kier alpha value is -1.26. The molecule has 2 rings (SSSR count). The molecule has 0 aliphatic carbocycles. The van der Waals surface area contributed by atoms with Gasteiger partial charge in [0.1, 0.15) is 0 Å². The van der Waals surface area contributed by atoms with Crippen LogP contribution in [0.15, 0.2) is 35.7 Å². The van der Waals surface area contributed by atoms with Gasteiger partial charge in [0.15, 0.2) is 11.6 Å². The van der Waals surface area contributed by atoms with E-state index in [1.807, 2.05) is 11.4 Å². The minimum Gasteiger partial charge on any atom is -0.305 e. The SMILES string of the molecule is CC(C)C(NCc1cccc(F)c1F)c1cccs1. The molecule has 1 aromatic heterocycles. The van der Waals surface area contributed by atoms with Gasteiger partial charge in [-0.3, -0.25) is 0 Å². The molecule has 0 aliphatic rings. The van der Waals surface area contributed by atoms with E-state index in [1.54, 1.807) is 17.4 Å². The van der Waals surface area contributed by atoms with E-state index in [-0.39, 0.29) is 6.04 Å². The van der Waals surface area contributed by atoms with Crippen LogP contribution in [-0.4, -0.2) is 0 Å². The fraction of sp³-hybridized carbons (Fsp3) is 0.333. The third kappa shape index (κ3) is 3.39. The van der Waals surface area contributed by atoms with Crippen molar-refractivity contribution in [3.8, 4) is 0 Å². The number of hydrogen-bond donors (Lipinski definition) is 1. The number of nitrogens with one attached hydrogen (secondary N) is 1. The fourth-order valence-electron chi connectivity index (χ4n) is 2.04. The molecule has 0 spiro atoms. The van der Waals surface area contributed by atoms with E-state index in [0.29, 0.717) is 18.0 Å². The van der Waals surface area contributed by atoms with Crippen LogP contribution in [0.3, 0.4) is 0 Å². The van der Waals surface area contributed by atoms with Gasteiger partial charge < -0.3 is 5.32 Å². The molecule has 1 heterocycles. The topological polar surface area (TPSA) is 12.0 Å². The van der Waals surface area contributed by atoms with Gasteiger partial charge in [-0.15, -0.1) is 11.3 Å². The van der Waals surface area contributed by atoms with Gasteiger partial charge in [0, 0.05) is 23.0 Å². The molecule has 1 N–H and O–H groups in total. The van der Waals surface area contributed by atoms with Gasteiger partial charge in [-0.25, -0.2) is 8.78 Å². The number of benzene rings is 1. The minimum absolute atomic E-state index is 0.155. The molecule has 1 unspecified atom stereocenters. The van der Waals surface area contributed by atoms with Crippen LogP contribution in [0.5, 0.6) is 0 Å². The predicted octanol–water partition coefficient (Wildman–Crippen LogP) is 4.51. The Balaban J connectivity index is 2.09. The Morgan fingerprint density at radius 1 is 1.16 bits per heavy atom. The first-order valence-corrected chi connectivity index (χ1v) is 7.17. The molecule has 1 aromatic carbocycles. The summed E-state index contributed by atoms with van der Waals surface area (Å²) >= 11 is 1.67. The van der Waals surface area contributed by atoms with Crippen LogP contribution >= 0.6 is 11.3 Å². The van der Waals surface area contributed by atoms with Gasteiger partial charge in [-0.2, -0.15) is 0 Å². The summed E-state index contributed by atoms with van der Waals surface area (Å²) in [6.07, 6.45) is 0. The predicted molar refractivity (Wildman–Crippen MR) is 75.1 cm³/mol. The largest absolute Gasteiger partial charge is 0.305 e. The summed E-state index contributed by atoms with van der Waals surface area (Å²) in [5, 5.41) is 5.33. The fourth-order valence-corrected chi connectivity index (χ4v) is 3.01. The van der Waals surface area contributed by atoms with Crippen molar-refractivity contribution in [2.45, 2.75) is 26.4 Å². The maximum absolute atomic E-state index is 13.6. The Bertz CT molecular complexity index is 523. The first-order valence-electron chi connectivity index (χ1n) is 6.29. The summed E-state index contributed by atoms with van der Waals surface area (Å²) in [5.74, 6) is -1.17. The van der Waals surface area contributed by atoms with E-state index in [1.165, 1.54) is 10.9 Å². The summed E-state index contributed by atoms with van der Waals surface area (Å²) in [6.45, 7) is 4.54. The van der Waals surface area contributed by atoms with E-state index in [0.717, 1.165) is 6.07 Å². The lowest BCUT2D eigenvalue weighted by atomic mass is 10.0. The van der Waals surface area contributed by atoms with Crippen molar-refractivity contribution >= 4 is 11.3 Å². The average Bonchev–Trinajstić information content (AvgIpc) is 2.88. The molecular weight excluding hydrogens is 264 g/mol. The first-order chi connectivity index (χ1) is 9.09. The molecule has 0 saturated carbocycles. The normalized spacial score (nSPS) is 12.9. The summed E-state index contributed by atoms with van der Waals surface area (Å²) in [6, 6.07) is 8.49. The van der Waals surface area contributed by atoms with E-state index in [9.17, 15) is 8.78 Å². The van der Waals surface area contributed by atoms with Crippen molar-refractivity contribution < 1.29 is 8.78 Å². The summed E-state index contributed by atoms with van der Waals surface area (Å²) in [4.78, 5) is 1.21. The van der Waals surface area contributed by atoms with Crippen LogP contribution in [0.1, 0.15) is 30.3 Å². The molecule has 0 amide bonds. The van der Waals surface area contributed by atoms with Gasteiger partial charge in [0.2, 0.25) is 0 Å². The minimum atomic E-state index is -0.795. The third-order valence-corrected chi connectivity index (χ3v) is 4.02. The van der Waals surface area contributed by atoms with E-state index < -0.39 is 11.6 Å². The monoisotopic (exact) mass is 281 g/mol. The molecule has 4 heteroatoms. The summed E-state index contributed by atoms with van der Waals surface area (Å²) < 4.78 is 26.7. The van der Waals surface area contributed by atoms with Crippen molar-refractivity contribution in [3.63, 3.8) is 0 Å². The molecule has 0 aliphatic heterocycles. The standard InChI is InChI=1S/C15H17F2NS/c1-10(2)15(13-7-4-8-19-13)18-9-11-5-3-6-12(16)14(11)17/h3-8,10,15,18H,9H2,1-2H3. The smallest absolute Gasteiger partial charge is 0.163 e. The highest BCUT2D eigenvalue weighted by molar-refractivity contribution is 7.10. The second kappa shape index (κ2) is 6.26. The zero-order chi connectivity index (χ0) is 13.8. The summed E-state index contributed by atoms with van der Waals surface area (Å²) in [5.41, 5.74) is 0.363. The zero-order valence-corrected chi connectivity index (χ0v) is 11.8. The van der Waals surface area contributed by atoms with Crippen molar-refractivity contribution in [1.29, 1.82) is 0 Å². The molecule has 1 nitrogen and oxygen atoms in total. The second-order valence-corrected chi connectivity index (χ2v) is 5.81. The van der Waals surface area contributed by atoms with Crippen LogP contribution in [0.2, 0.25) is 0 Å². The highest BCUT2D eigenvalue weighted by Crippen LogP contribution is 2.26. The molecule has 1 atom stereocenters. The average molecular weight is 281 g/mol. The lowest BCUT2D eigenvalue weighted by Crippen LogP contribution is -2.25. The first kappa shape index (κ1) is 14.2. The second-order valence-electron chi connectivity index (χ2n) is 4.83. The number of halogens is 2. The van der Waals surface area contributed by atoms with Gasteiger partial charge in [-0.1, -0.05) is 32.0 Å². The molecule has 2 aromatic rings. The van der Waals surface area contributed by atoms with Gasteiger partial charge >= 0.3 is 0 Å². The molecule has 0 bridgehead atoms. The van der Waals surface area contributed by atoms with Crippen LogP contribution in [0.25, 0.3) is 0 Å².